The second kappa shape index (κ2) is 10.4. The van der Waals surface area contributed by atoms with Crippen molar-refractivity contribution in [3.05, 3.63) is 88.3 Å². The van der Waals surface area contributed by atoms with Crippen molar-refractivity contribution < 1.29 is 14.3 Å². The minimum atomic E-state index is -0.324. The summed E-state index contributed by atoms with van der Waals surface area (Å²) >= 11 is 0. The van der Waals surface area contributed by atoms with E-state index in [4.69, 9.17) is 4.74 Å². The average molecular weight is 434 g/mol. The summed E-state index contributed by atoms with van der Waals surface area (Å²) in [6.45, 7) is 6.57. The molecule has 3 aromatic rings. The SMILES string of the molecule is Cc1ccc(=O)n(CC(=O)Nc2ccc(C(=O)Nc3ccc(OCC(C)C)cc3)cc2)c1. The number of hydrogen-bond donors (Lipinski definition) is 2. The van der Waals surface area contributed by atoms with Crippen LogP contribution in [-0.4, -0.2) is 23.0 Å². The van der Waals surface area contributed by atoms with Crippen LogP contribution in [0.25, 0.3) is 0 Å². The Bertz CT molecular complexity index is 1130. The van der Waals surface area contributed by atoms with Gasteiger partial charge in [0.1, 0.15) is 12.3 Å². The Morgan fingerprint density at radius 1 is 0.906 bits per heavy atom. The van der Waals surface area contributed by atoms with Crippen LogP contribution in [0.2, 0.25) is 0 Å². The monoisotopic (exact) mass is 433 g/mol. The molecule has 0 aliphatic rings. The first-order chi connectivity index (χ1) is 15.3. The quantitative estimate of drug-likeness (QED) is 0.560. The van der Waals surface area contributed by atoms with Crippen molar-refractivity contribution in [1.29, 1.82) is 0 Å². The van der Waals surface area contributed by atoms with Crippen molar-refractivity contribution in [2.45, 2.75) is 27.3 Å². The number of carbonyl (C=O) groups is 2. The molecule has 0 radical (unpaired) electrons. The smallest absolute Gasteiger partial charge is 0.255 e. The highest BCUT2D eigenvalue weighted by Crippen LogP contribution is 2.18. The van der Waals surface area contributed by atoms with Crippen LogP contribution in [0, 0.1) is 12.8 Å². The maximum atomic E-state index is 12.5. The molecular formula is C25H27N3O4. The van der Waals surface area contributed by atoms with Gasteiger partial charge in [0.25, 0.3) is 11.5 Å². The van der Waals surface area contributed by atoms with Crippen molar-refractivity contribution >= 4 is 23.2 Å². The zero-order chi connectivity index (χ0) is 23.1. The van der Waals surface area contributed by atoms with E-state index in [9.17, 15) is 14.4 Å². The van der Waals surface area contributed by atoms with Gasteiger partial charge in [-0.05, 0) is 66.9 Å². The number of rotatable bonds is 8. The summed E-state index contributed by atoms with van der Waals surface area (Å²) in [6, 6.07) is 16.9. The van der Waals surface area contributed by atoms with Gasteiger partial charge >= 0.3 is 0 Å². The summed E-state index contributed by atoms with van der Waals surface area (Å²) < 4.78 is 6.99. The van der Waals surface area contributed by atoms with Crippen molar-refractivity contribution in [3.8, 4) is 5.75 Å². The van der Waals surface area contributed by atoms with E-state index in [0.717, 1.165) is 11.3 Å². The predicted molar refractivity (Wildman–Crippen MR) is 125 cm³/mol. The third kappa shape index (κ3) is 6.57. The fourth-order valence-electron chi connectivity index (χ4n) is 2.94. The largest absolute Gasteiger partial charge is 0.493 e. The predicted octanol–water partition coefficient (Wildman–Crippen LogP) is 4.08. The Balaban J connectivity index is 1.55. The molecule has 1 heterocycles. The van der Waals surface area contributed by atoms with Crippen LogP contribution in [0.4, 0.5) is 11.4 Å². The second-order valence-electron chi connectivity index (χ2n) is 7.98. The zero-order valence-corrected chi connectivity index (χ0v) is 18.4. The Morgan fingerprint density at radius 3 is 2.19 bits per heavy atom. The van der Waals surface area contributed by atoms with Crippen molar-refractivity contribution in [2.24, 2.45) is 5.92 Å². The summed E-state index contributed by atoms with van der Waals surface area (Å²) in [6.07, 6.45) is 1.64. The van der Waals surface area contributed by atoms with E-state index in [0.29, 0.717) is 29.5 Å². The molecule has 0 aliphatic carbocycles. The Morgan fingerprint density at radius 2 is 1.53 bits per heavy atom. The molecule has 7 heteroatoms. The fourth-order valence-corrected chi connectivity index (χ4v) is 2.94. The van der Waals surface area contributed by atoms with E-state index in [1.807, 2.05) is 19.1 Å². The molecule has 32 heavy (non-hydrogen) atoms. The van der Waals surface area contributed by atoms with Crippen LogP contribution >= 0.6 is 0 Å². The number of anilines is 2. The summed E-state index contributed by atoms with van der Waals surface area (Å²) in [5, 5.41) is 5.57. The first kappa shape index (κ1) is 22.8. The minimum absolute atomic E-state index is 0.0837. The number of benzene rings is 2. The normalized spacial score (nSPS) is 10.6. The summed E-state index contributed by atoms with van der Waals surface area (Å²) in [4.78, 5) is 36.6. The van der Waals surface area contributed by atoms with E-state index in [2.05, 4.69) is 24.5 Å². The topological polar surface area (TPSA) is 89.4 Å². The number of aromatic nitrogens is 1. The van der Waals surface area contributed by atoms with Crippen LogP contribution < -0.4 is 20.9 Å². The Kier molecular flexibility index (Phi) is 7.44. The van der Waals surface area contributed by atoms with E-state index >= 15 is 0 Å². The highest BCUT2D eigenvalue weighted by atomic mass is 16.5. The van der Waals surface area contributed by atoms with E-state index < -0.39 is 0 Å². The molecule has 0 aliphatic heterocycles. The molecule has 166 valence electrons. The molecule has 2 aromatic carbocycles. The fraction of sp³-hybridized carbons (Fsp3) is 0.240. The van der Waals surface area contributed by atoms with Gasteiger partial charge in [0.2, 0.25) is 5.91 Å². The molecule has 0 spiro atoms. The third-order valence-electron chi connectivity index (χ3n) is 4.57. The summed E-state index contributed by atoms with van der Waals surface area (Å²) in [7, 11) is 0. The van der Waals surface area contributed by atoms with Gasteiger partial charge in [-0.15, -0.1) is 0 Å². The lowest BCUT2D eigenvalue weighted by molar-refractivity contribution is -0.116. The molecule has 0 saturated carbocycles. The lowest BCUT2D eigenvalue weighted by atomic mass is 10.2. The summed E-state index contributed by atoms with van der Waals surface area (Å²) in [5.74, 6) is 0.608. The van der Waals surface area contributed by atoms with Crippen LogP contribution in [0.5, 0.6) is 5.75 Å². The molecule has 0 unspecified atom stereocenters. The lowest BCUT2D eigenvalue weighted by Gasteiger charge is -2.10. The number of nitrogens with one attached hydrogen (secondary N) is 2. The first-order valence-electron chi connectivity index (χ1n) is 10.4. The van der Waals surface area contributed by atoms with Gasteiger partial charge < -0.3 is 19.9 Å². The molecule has 3 rings (SSSR count). The molecule has 2 N–H and O–H groups in total. The van der Waals surface area contributed by atoms with Crippen LogP contribution in [-0.2, 0) is 11.3 Å². The Hall–Kier alpha value is -3.87. The maximum absolute atomic E-state index is 12.5. The van der Waals surface area contributed by atoms with E-state index in [-0.39, 0.29) is 23.9 Å². The standard InChI is InChI=1S/C25H27N3O4/c1-17(2)16-32-22-11-9-21(10-12-22)27-25(31)19-5-7-20(8-6-19)26-23(29)15-28-14-18(3)4-13-24(28)30/h4-14,17H,15-16H2,1-3H3,(H,26,29)(H,27,31). The number of carbonyl (C=O) groups excluding carboxylic acids is 2. The number of nitrogens with zero attached hydrogens (tertiary/aromatic N) is 1. The molecule has 1 aromatic heterocycles. The summed E-state index contributed by atoms with van der Waals surface area (Å²) in [5.41, 5.74) is 2.31. The molecular weight excluding hydrogens is 406 g/mol. The van der Waals surface area contributed by atoms with E-state index in [1.165, 1.54) is 10.6 Å². The van der Waals surface area contributed by atoms with Crippen LogP contribution in [0.1, 0.15) is 29.8 Å². The maximum Gasteiger partial charge on any atom is 0.255 e. The van der Waals surface area contributed by atoms with Crippen molar-refractivity contribution in [1.82, 2.24) is 4.57 Å². The Labute approximate surface area is 187 Å². The average Bonchev–Trinajstić information content (AvgIpc) is 2.76. The van der Waals surface area contributed by atoms with Gasteiger partial charge in [0, 0.05) is 29.2 Å². The van der Waals surface area contributed by atoms with Crippen LogP contribution in [0.3, 0.4) is 0 Å². The zero-order valence-electron chi connectivity index (χ0n) is 18.4. The molecule has 7 nitrogen and oxygen atoms in total. The second-order valence-corrected chi connectivity index (χ2v) is 7.98. The molecule has 2 amide bonds. The number of pyridine rings is 1. The van der Waals surface area contributed by atoms with Gasteiger partial charge in [-0.1, -0.05) is 19.9 Å². The minimum Gasteiger partial charge on any atom is -0.493 e. The van der Waals surface area contributed by atoms with Gasteiger partial charge in [-0.25, -0.2) is 0 Å². The van der Waals surface area contributed by atoms with Gasteiger partial charge in [-0.3, -0.25) is 14.4 Å². The number of aryl methyl sites for hydroxylation is 1. The lowest BCUT2D eigenvalue weighted by Crippen LogP contribution is -2.26. The van der Waals surface area contributed by atoms with Gasteiger partial charge in [-0.2, -0.15) is 0 Å². The molecule has 0 atom stereocenters. The van der Waals surface area contributed by atoms with E-state index in [1.54, 1.807) is 48.7 Å². The molecule has 0 bridgehead atoms. The first-order valence-corrected chi connectivity index (χ1v) is 10.4. The van der Waals surface area contributed by atoms with Crippen molar-refractivity contribution in [2.75, 3.05) is 17.2 Å². The van der Waals surface area contributed by atoms with Gasteiger partial charge in [0.15, 0.2) is 0 Å². The third-order valence-corrected chi connectivity index (χ3v) is 4.57. The highest BCUT2D eigenvalue weighted by Gasteiger charge is 2.09. The van der Waals surface area contributed by atoms with Crippen LogP contribution in [0.15, 0.2) is 71.7 Å². The van der Waals surface area contributed by atoms with Crippen molar-refractivity contribution in [3.63, 3.8) is 0 Å². The number of ether oxygens (including phenoxy) is 1. The number of amides is 2. The number of hydrogen-bond acceptors (Lipinski definition) is 4. The highest BCUT2D eigenvalue weighted by molar-refractivity contribution is 6.04. The molecule has 0 fully saturated rings. The molecule has 0 saturated heterocycles. The van der Waals surface area contributed by atoms with Gasteiger partial charge in [0.05, 0.1) is 6.61 Å².